The summed E-state index contributed by atoms with van der Waals surface area (Å²) < 4.78 is 28.2. The van der Waals surface area contributed by atoms with Crippen LogP contribution in [0.5, 0.6) is 0 Å². The summed E-state index contributed by atoms with van der Waals surface area (Å²) in [4.78, 5) is 4.26. The lowest BCUT2D eigenvalue weighted by Gasteiger charge is -2.16. The molecule has 1 aromatic heterocycles. The molecule has 0 radical (unpaired) electrons. The van der Waals surface area contributed by atoms with Crippen LogP contribution in [0.2, 0.25) is 0 Å². The van der Waals surface area contributed by atoms with E-state index < -0.39 is 15.1 Å². The summed E-state index contributed by atoms with van der Waals surface area (Å²) in [7, 11) is -3.21. The van der Waals surface area contributed by atoms with Gasteiger partial charge in [0.25, 0.3) is 0 Å². The summed E-state index contributed by atoms with van der Waals surface area (Å²) in [5.41, 5.74) is 6.14. The molecule has 3 atom stereocenters. The molecule has 1 aliphatic carbocycles. The molecule has 6 nitrogen and oxygen atoms in total. The summed E-state index contributed by atoms with van der Waals surface area (Å²) in [6.07, 6.45) is 6.44. The van der Waals surface area contributed by atoms with Crippen molar-refractivity contribution < 1.29 is 12.9 Å². The van der Waals surface area contributed by atoms with E-state index in [1.54, 1.807) is 6.92 Å². The molecular weight excluding hydrogens is 266 g/mol. The van der Waals surface area contributed by atoms with Crippen molar-refractivity contribution in [2.75, 3.05) is 6.26 Å². The molecule has 3 unspecified atom stereocenters. The van der Waals surface area contributed by atoms with Gasteiger partial charge in [-0.3, -0.25) is 0 Å². The van der Waals surface area contributed by atoms with E-state index in [1.165, 1.54) is 12.7 Å². The first-order valence-electron chi connectivity index (χ1n) is 6.67. The van der Waals surface area contributed by atoms with E-state index in [-0.39, 0.29) is 17.8 Å². The Balaban J connectivity index is 2.20. The van der Waals surface area contributed by atoms with Gasteiger partial charge in [-0.2, -0.15) is 4.98 Å². The number of nitrogens with zero attached hydrogens (tertiary/aromatic N) is 2. The van der Waals surface area contributed by atoms with Gasteiger partial charge in [0.1, 0.15) is 5.25 Å². The molecule has 1 fully saturated rings. The van der Waals surface area contributed by atoms with Gasteiger partial charge < -0.3 is 10.3 Å². The number of rotatable bonds is 3. The van der Waals surface area contributed by atoms with Crippen LogP contribution in [-0.4, -0.2) is 30.9 Å². The van der Waals surface area contributed by atoms with Gasteiger partial charge in [-0.05, 0) is 19.8 Å². The Morgan fingerprint density at radius 3 is 2.68 bits per heavy atom. The van der Waals surface area contributed by atoms with Gasteiger partial charge in [-0.15, -0.1) is 0 Å². The van der Waals surface area contributed by atoms with Crippen LogP contribution in [0, 0.1) is 0 Å². The largest absolute Gasteiger partial charge is 0.339 e. The second-order valence-electron chi connectivity index (χ2n) is 5.37. The van der Waals surface area contributed by atoms with Crippen molar-refractivity contribution in [2.45, 2.75) is 56.2 Å². The zero-order valence-electron chi connectivity index (χ0n) is 11.4. The Labute approximate surface area is 113 Å². The maximum atomic E-state index is 11.5. The van der Waals surface area contributed by atoms with Crippen LogP contribution in [0.3, 0.4) is 0 Å². The monoisotopic (exact) mass is 287 g/mol. The minimum absolute atomic E-state index is 0.0179. The van der Waals surface area contributed by atoms with Crippen LogP contribution in [0.15, 0.2) is 4.52 Å². The smallest absolute Gasteiger partial charge is 0.231 e. The molecular formula is C12H21N3O3S. The topological polar surface area (TPSA) is 99.1 Å². The van der Waals surface area contributed by atoms with Crippen molar-refractivity contribution >= 4 is 9.84 Å². The molecule has 1 aromatic rings. The Morgan fingerprint density at radius 1 is 1.32 bits per heavy atom. The van der Waals surface area contributed by atoms with Crippen molar-refractivity contribution in [3.8, 4) is 0 Å². The molecule has 1 saturated carbocycles. The maximum Gasteiger partial charge on any atom is 0.231 e. The molecule has 0 bridgehead atoms. The molecule has 1 aliphatic rings. The van der Waals surface area contributed by atoms with Crippen LogP contribution < -0.4 is 5.73 Å². The van der Waals surface area contributed by atoms with E-state index in [4.69, 9.17) is 10.3 Å². The van der Waals surface area contributed by atoms with E-state index >= 15 is 0 Å². The van der Waals surface area contributed by atoms with E-state index in [2.05, 4.69) is 10.1 Å². The van der Waals surface area contributed by atoms with Gasteiger partial charge >= 0.3 is 0 Å². The van der Waals surface area contributed by atoms with Gasteiger partial charge in [0.15, 0.2) is 15.7 Å². The van der Waals surface area contributed by atoms with E-state index in [9.17, 15) is 8.42 Å². The number of sulfone groups is 1. The SMILES string of the molecule is CC(c1noc(C2CCCCCC2N)n1)S(C)(=O)=O. The average molecular weight is 287 g/mol. The summed E-state index contributed by atoms with van der Waals surface area (Å²) in [6, 6.07) is 0.0179. The first-order chi connectivity index (χ1) is 8.89. The van der Waals surface area contributed by atoms with Crippen LogP contribution in [0.4, 0.5) is 0 Å². The van der Waals surface area contributed by atoms with Crippen molar-refractivity contribution in [2.24, 2.45) is 5.73 Å². The second kappa shape index (κ2) is 5.58. The Kier molecular flexibility index (Phi) is 4.25. The first kappa shape index (κ1) is 14.5. The number of hydrogen-bond donors (Lipinski definition) is 1. The van der Waals surface area contributed by atoms with Gasteiger partial charge in [-0.1, -0.05) is 24.4 Å². The van der Waals surface area contributed by atoms with E-state index in [1.807, 2.05) is 0 Å². The molecule has 0 aliphatic heterocycles. The normalized spacial score (nSPS) is 26.9. The Bertz CT molecular complexity index is 526. The molecule has 0 aromatic carbocycles. The highest BCUT2D eigenvalue weighted by molar-refractivity contribution is 7.90. The quantitative estimate of drug-likeness (QED) is 0.847. The highest BCUT2D eigenvalue weighted by Crippen LogP contribution is 2.31. The zero-order valence-corrected chi connectivity index (χ0v) is 12.2. The highest BCUT2D eigenvalue weighted by Gasteiger charge is 2.29. The molecule has 7 heteroatoms. The van der Waals surface area contributed by atoms with Crippen molar-refractivity contribution in [1.82, 2.24) is 10.1 Å². The highest BCUT2D eigenvalue weighted by atomic mass is 32.2. The van der Waals surface area contributed by atoms with Crippen LogP contribution in [0.1, 0.15) is 61.9 Å². The standard InChI is InChI=1S/C12H21N3O3S/c1-8(19(2,16)17)11-14-12(18-15-11)9-6-4-3-5-7-10(9)13/h8-10H,3-7,13H2,1-2H3. The third-order valence-electron chi connectivity index (χ3n) is 3.85. The molecule has 1 heterocycles. The lowest BCUT2D eigenvalue weighted by molar-refractivity contribution is 0.323. The fourth-order valence-corrected chi connectivity index (χ4v) is 2.88. The van der Waals surface area contributed by atoms with Crippen molar-refractivity contribution in [1.29, 1.82) is 0 Å². The van der Waals surface area contributed by atoms with Gasteiger partial charge in [0.2, 0.25) is 5.89 Å². The Morgan fingerprint density at radius 2 is 2.00 bits per heavy atom. The van der Waals surface area contributed by atoms with Crippen molar-refractivity contribution in [3.63, 3.8) is 0 Å². The minimum Gasteiger partial charge on any atom is -0.339 e. The summed E-state index contributed by atoms with van der Waals surface area (Å²) in [5.74, 6) is 0.768. The summed E-state index contributed by atoms with van der Waals surface area (Å²) >= 11 is 0. The fourth-order valence-electron chi connectivity index (χ4n) is 2.40. The van der Waals surface area contributed by atoms with Crippen LogP contribution in [-0.2, 0) is 9.84 Å². The van der Waals surface area contributed by atoms with Gasteiger partial charge in [-0.25, -0.2) is 8.42 Å². The van der Waals surface area contributed by atoms with Crippen molar-refractivity contribution in [3.05, 3.63) is 11.7 Å². The lowest BCUT2D eigenvalue weighted by atomic mass is 9.95. The van der Waals surface area contributed by atoms with Crippen LogP contribution >= 0.6 is 0 Å². The fraction of sp³-hybridized carbons (Fsp3) is 0.833. The molecule has 108 valence electrons. The van der Waals surface area contributed by atoms with Gasteiger partial charge in [0.05, 0.1) is 5.92 Å². The number of aromatic nitrogens is 2. The minimum atomic E-state index is -3.21. The van der Waals surface area contributed by atoms with E-state index in [0.29, 0.717) is 5.89 Å². The van der Waals surface area contributed by atoms with E-state index in [0.717, 1.165) is 25.7 Å². The molecule has 0 saturated heterocycles. The Hall–Kier alpha value is -0.950. The predicted molar refractivity (Wildman–Crippen MR) is 71.4 cm³/mol. The molecule has 2 N–H and O–H groups in total. The van der Waals surface area contributed by atoms with Crippen LogP contribution in [0.25, 0.3) is 0 Å². The predicted octanol–water partition coefficient (Wildman–Crippen LogP) is 1.55. The average Bonchev–Trinajstić information content (AvgIpc) is 2.71. The van der Waals surface area contributed by atoms with Gasteiger partial charge in [0, 0.05) is 12.3 Å². The third-order valence-corrected chi connectivity index (χ3v) is 5.35. The number of nitrogens with two attached hydrogens (primary N) is 1. The lowest BCUT2D eigenvalue weighted by Crippen LogP contribution is -2.27. The second-order valence-corrected chi connectivity index (χ2v) is 7.74. The maximum absolute atomic E-state index is 11.5. The molecule has 2 rings (SSSR count). The number of hydrogen-bond acceptors (Lipinski definition) is 6. The molecule has 0 amide bonds. The first-order valence-corrected chi connectivity index (χ1v) is 8.63. The summed E-state index contributed by atoms with van der Waals surface area (Å²) in [5, 5.41) is 3.06. The zero-order chi connectivity index (χ0) is 14.0. The third kappa shape index (κ3) is 3.33. The molecule has 19 heavy (non-hydrogen) atoms. The molecule has 0 spiro atoms. The summed E-state index contributed by atoms with van der Waals surface area (Å²) in [6.45, 7) is 1.57.